The van der Waals surface area contributed by atoms with Crippen LogP contribution in [0.4, 0.5) is 5.13 Å². The maximum Gasteiger partial charge on any atom is 0.273 e. The molecule has 0 atom stereocenters. The van der Waals surface area contributed by atoms with Crippen LogP contribution in [0.2, 0.25) is 0 Å². The summed E-state index contributed by atoms with van der Waals surface area (Å²) in [5.74, 6) is -0.108. The zero-order valence-corrected chi connectivity index (χ0v) is 24.2. The highest BCUT2D eigenvalue weighted by atomic mass is 32.2. The molecule has 1 aliphatic heterocycles. The smallest absolute Gasteiger partial charge is 0.273 e. The molecule has 1 saturated heterocycles. The van der Waals surface area contributed by atoms with Gasteiger partial charge in [0.05, 0.1) is 10.4 Å². The van der Waals surface area contributed by atoms with Gasteiger partial charge in [0, 0.05) is 43.2 Å². The van der Waals surface area contributed by atoms with Crippen molar-refractivity contribution in [3.8, 4) is 0 Å². The van der Waals surface area contributed by atoms with E-state index in [1.54, 1.807) is 31.1 Å². The van der Waals surface area contributed by atoms with E-state index < -0.39 is 0 Å². The van der Waals surface area contributed by atoms with Crippen molar-refractivity contribution in [1.82, 2.24) is 20.5 Å². The van der Waals surface area contributed by atoms with Gasteiger partial charge in [-0.3, -0.25) is 14.9 Å². The lowest BCUT2D eigenvalue weighted by Crippen LogP contribution is -2.36. The van der Waals surface area contributed by atoms with Gasteiger partial charge in [-0.1, -0.05) is 62.1 Å². The Morgan fingerprint density at radius 3 is 2.65 bits per heavy atom. The molecule has 2 aromatic rings. The molecule has 1 fully saturated rings. The number of allylic oxidation sites excluding steroid dienone is 2. The van der Waals surface area contributed by atoms with E-state index in [0.29, 0.717) is 16.9 Å². The van der Waals surface area contributed by atoms with Crippen LogP contribution in [-0.4, -0.2) is 54.4 Å². The van der Waals surface area contributed by atoms with Crippen molar-refractivity contribution in [2.45, 2.75) is 68.5 Å². The number of aromatic nitrogens is 1. The minimum Gasteiger partial charge on any atom is -0.384 e. The molecule has 3 N–H and O–H groups in total. The highest BCUT2D eigenvalue weighted by Gasteiger charge is 2.22. The van der Waals surface area contributed by atoms with E-state index in [9.17, 15) is 9.59 Å². The summed E-state index contributed by atoms with van der Waals surface area (Å²) in [5, 5.41) is 9.65. The zero-order valence-electron chi connectivity index (χ0n) is 22.5. The molecular weight excluding hydrogens is 502 g/mol. The third-order valence-corrected chi connectivity index (χ3v) is 8.30. The fourth-order valence-corrected chi connectivity index (χ4v) is 6.00. The molecule has 1 aliphatic rings. The van der Waals surface area contributed by atoms with E-state index in [1.807, 2.05) is 23.1 Å². The minimum atomic E-state index is -0.243. The third kappa shape index (κ3) is 8.45. The molecule has 2 heterocycles. The maximum absolute atomic E-state index is 13.3. The summed E-state index contributed by atoms with van der Waals surface area (Å²) < 4.78 is 0.952. The number of carbonyl (C=O) groups excluding carboxylic acids is 2. The first-order valence-electron chi connectivity index (χ1n) is 13.0. The van der Waals surface area contributed by atoms with E-state index in [-0.39, 0.29) is 11.8 Å². The number of likely N-dealkylation sites (N-methyl/N-ethyl adjacent to an activating group) is 1. The lowest BCUT2D eigenvalue weighted by molar-refractivity contribution is -0.113. The molecule has 0 radical (unpaired) electrons. The van der Waals surface area contributed by atoms with E-state index in [0.717, 1.165) is 64.7 Å². The number of thiazole rings is 1. The van der Waals surface area contributed by atoms with Gasteiger partial charge in [-0.25, -0.2) is 4.98 Å². The molecule has 3 rings (SSSR count). The van der Waals surface area contributed by atoms with Gasteiger partial charge in [-0.05, 0) is 55.9 Å². The van der Waals surface area contributed by atoms with Crippen LogP contribution < -0.4 is 16.0 Å². The van der Waals surface area contributed by atoms with Gasteiger partial charge >= 0.3 is 0 Å². The second kappa shape index (κ2) is 14.4. The minimum absolute atomic E-state index is 0.135. The van der Waals surface area contributed by atoms with E-state index in [1.165, 1.54) is 17.8 Å². The van der Waals surface area contributed by atoms with Crippen molar-refractivity contribution in [3.05, 3.63) is 58.9 Å². The fraction of sp³-hybridized carbons (Fsp3) is 0.464. The molecule has 9 heteroatoms. The first kappa shape index (κ1) is 28.9. The SMILES string of the molecule is CCc1cc(C)c(Sc2cnc(NC(=O)/C(=C/C=C/CNC(C)C)NC)s2)cc1C(=O)N1CCCCC1. The van der Waals surface area contributed by atoms with Crippen LogP contribution in [0.15, 0.2) is 51.4 Å². The summed E-state index contributed by atoms with van der Waals surface area (Å²) >= 11 is 3.00. The van der Waals surface area contributed by atoms with Crippen LogP contribution in [0.3, 0.4) is 0 Å². The second-order valence-corrected chi connectivity index (χ2v) is 11.7. The molecule has 0 spiro atoms. The standard InChI is InChI=1S/C28H39N5O2S2/c1-6-21-16-20(4)24(17-22(21)27(35)33-14-10-7-11-15-33)36-25-18-31-28(37-25)32-26(34)23(29-5)12-8-9-13-30-19(2)3/h8-9,12,16-19,29-30H,6-7,10-11,13-15H2,1-5H3,(H,31,32,34)/b9-8+,23-12-. The number of benzene rings is 1. The monoisotopic (exact) mass is 541 g/mol. The quantitative estimate of drug-likeness (QED) is 0.261. The van der Waals surface area contributed by atoms with Gasteiger partial charge in [-0.2, -0.15) is 0 Å². The van der Waals surface area contributed by atoms with Crippen LogP contribution >= 0.6 is 23.1 Å². The van der Waals surface area contributed by atoms with E-state index >= 15 is 0 Å². The average Bonchev–Trinajstić information content (AvgIpc) is 3.33. The summed E-state index contributed by atoms with van der Waals surface area (Å²) in [6.45, 7) is 10.8. The van der Waals surface area contributed by atoms with Crippen LogP contribution in [0.25, 0.3) is 0 Å². The maximum atomic E-state index is 13.3. The van der Waals surface area contributed by atoms with Gasteiger partial charge in [0.25, 0.3) is 11.8 Å². The Balaban J connectivity index is 1.69. The topological polar surface area (TPSA) is 86.4 Å². The first-order valence-corrected chi connectivity index (χ1v) is 14.6. The van der Waals surface area contributed by atoms with Crippen LogP contribution in [0.1, 0.15) is 61.5 Å². The summed E-state index contributed by atoms with van der Waals surface area (Å²) in [7, 11) is 1.72. The number of nitrogens with one attached hydrogen (secondary N) is 3. The molecule has 0 unspecified atom stereocenters. The number of likely N-dealkylation sites (tertiary alicyclic amines) is 1. The number of anilines is 1. The first-order chi connectivity index (χ1) is 17.8. The zero-order chi connectivity index (χ0) is 26.8. The second-order valence-electron chi connectivity index (χ2n) is 9.34. The number of nitrogens with zero attached hydrogens (tertiary/aromatic N) is 2. The van der Waals surface area contributed by atoms with Crippen molar-refractivity contribution in [2.24, 2.45) is 0 Å². The normalized spacial score (nSPS) is 14.4. The lowest BCUT2D eigenvalue weighted by Gasteiger charge is -2.28. The van der Waals surface area contributed by atoms with Gasteiger partial charge in [-0.15, -0.1) is 0 Å². The van der Waals surface area contributed by atoms with Crippen LogP contribution in [-0.2, 0) is 11.2 Å². The molecule has 0 bridgehead atoms. The number of rotatable bonds is 11. The number of piperidine rings is 1. The molecule has 0 saturated carbocycles. The number of hydrogen-bond donors (Lipinski definition) is 3. The van der Waals surface area contributed by atoms with Gasteiger partial charge in [0.15, 0.2) is 5.13 Å². The summed E-state index contributed by atoms with van der Waals surface area (Å²) in [4.78, 5) is 33.4. The average molecular weight is 542 g/mol. The Bertz CT molecular complexity index is 1130. The van der Waals surface area contributed by atoms with E-state index in [4.69, 9.17) is 0 Å². The van der Waals surface area contributed by atoms with Crippen molar-refractivity contribution < 1.29 is 9.59 Å². The summed E-state index contributed by atoms with van der Waals surface area (Å²) in [6.07, 6.45) is 11.5. The van der Waals surface area contributed by atoms with Crippen molar-refractivity contribution in [1.29, 1.82) is 0 Å². The fourth-order valence-electron chi connectivity index (χ4n) is 4.06. The highest BCUT2D eigenvalue weighted by molar-refractivity contribution is 8.01. The molecule has 37 heavy (non-hydrogen) atoms. The van der Waals surface area contributed by atoms with Crippen LogP contribution in [0, 0.1) is 6.92 Å². The number of carbonyl (C=O) groups is 2. The largest absolute Gasteiger partial charge is 0.384 e. The van der Waals surface area contributed by atoms with Crippen LogP contribution in [0.5, 0.6) is 0 Å². The van der Waals surface area contributed by atoms with Gasteiger partial charge in [0.1, 0.15) is 5.70 Å². The van der Waals surface area contributed by atoms with Crippen molar-refractivity contribution >= 4 is 40.0 Å². The van der Waals surface area contributed by atoms with Gasteiger partial charge < -0.3 is 15.5 Å². The molecule has 7 nitrogen and oxygen atoms in total. The van der Waals surface area contributed by atoms with Gasteiger partial charge in [0.2, 0.25) is 0 Å². The Labute approximate surface area is 229 Å². The number of aryl methyl sites for hydroxylation is 2. The summed E-state index contributed by atoms with van der Waals surface area (Å²) in [6, 6.07) is 4.58. The lowest BCUT2D eigenvalue weighted by atomic mass is 10.00. The Morgan fingerprint density at radius 1 is 1.22 bits per heavy atom. The third-order valence-electron chi connectivity index (χ3n) is 6.13. The molecule has 2 amide bonds. The molecule has 1 aromatic carbocycles. The Kier molecular flexibility index (Phi) is 11.2. The Hall–Kier alpha value is -2.62. The predicted octanol–water partition coefficient (Wildman–Crippen LogP) is 5.39. The molecular formula is C28H39N5O2S2. The molecule has 0 aliphatic carbocycles. The van der Waals surface area contributed by atoms with E-state index in [2.05, 4.69) is 54.7 Å². The van der Waals surface area contributed by atoms with Crippen molar-refractivity contribution in [2.75, 3.05) is 32.0 Å². The molecule has 1 aromatic heterocycles. The number of hydrogen-bond acceptors (Lipinski definition) is 7. The predicted molar refractivity (Wildman–Crippen MR) is 155 cm³/mol. The summed E-state index contributed by atoms with van der Waals surface area (Å²) in [5.41, 5.74) is 3.48. The highest BCUT2D eigenvalue weighted by Crippen LogP contribution is 2.37. The Morgan fingerprint density at radius 2 is 1.97 bits per heavy atom. The number of amides is 2. The van der Waals surface area contributed by atoms with Crippen molar-refractivity contribution in [3.63, 3.8) is 0 Å². The molecule has 200 valence electrons.